The molecule has 0 radical (unpaired) electrons. The molecule has 3 aromatic heterocycles. The fourth-order valence-electron chi connectivity index (χ4n) is 4.34. The number of aromatic amines is 3. The molecule has 0 saturated carbocycles. The lowest BCUT2D eigenvalue weighted by molar-refractivity contribution is 0.102. The Morgan fingerprint density at radius 2 is 1.29 bits per heavy atom. The Morgan fingerprint density at radius 1 is 0.737 bits per heavy atom. The van der Waals surface area contributed by atoms with E-state index < -0.39 is 0 Å². The summed E-state index contributed by atoms with van der Waals surface area (Å²) in [5, 5.41) is 2.97. The van der Waals surface area contributed by atoms with Crippen molar-refractivity contribution in [1.82, 2.24) is 34.8 Å². The first-order valence-corrected chi connectivity index (χ1v) is 12.5. The number of amides is 1. The van der Waals surface area contributed by atoms with Crippen LogP contribution < -0.4 is 11.1 Å². The van der Waals surface area contributed by atoms with Crippen molar-refractivity contribution in [2.75, 3.05) is 5.32 Å². The van der Waals surface area contributed by atoms with Crippen LogP contribution in [0, 0.1) is 0 Å². The van der Waals surface area contributed by atoms with Gasteiger partial charge in [-0.2, -0.15) is 0 Å². The molecule has 0 aliphatic heterocycles. The number of carbonyl (C=O) groups excluding carboxylic acids is 1. The molecule has 0 fully saturated rings. The number of anilines is 1. The van der Waals surface area contributed by atoms with Crippen LogP contribution in [-0.2, 0) is 32.5 Å². The molecule has 2 aromatic carbocycles. The number of carbonyl (C=O) groups is 1. The zero-order valence-electron chi connectivity index (χ0n) is 21.0. The lowest BCUT2D eigenvalue weighted by atomic mass is 10.0. The van der Waals surface area contributed by atoms with Gasteiger partial charge in [-0.05, 0) is 41.8 Å². The lowest BCUT2D eigenvalue weighted by Gasteiger charge is -2.20. The highest BCUT2D eigenvalue weighted by Gasteiger charge is 2.13. The standard InChI is InChI=1S/C28H31N9O/c29-23(16-25-30-9-10-31-25)15-20-3-7-24(8-4-20)36-28(38)22-5-1-21(2-6-22)17-37(18-26-32-11-12-33-26)19-27-34-13-14-35-27/h1-14,23H,15-19,29H2,(H,30,31)(H,32,33)(H,34,35)(H,36,38). The van der Waals surface area contributed by atoms with Crippen molar-refractivity contribution in [3.63, 3.8) is 0 Å². The molecule has 1 unspecified atom stereocenters. The van der Waals surface area contributed by atoms with Crippen molar-refractivity contribution in [3.8, 4) is 0 Å². The molecule has 0 aliphatic carbocycles. The lowest BCUT2D eigenvalue weighted by Crippen LogP contribution is -2.26. The van der Waals surface area contributed by atoms with E-state index in [0.717, 1.165) is 40.7 Å². The van der Waals surface area contributed by atoms with Crippen molar-refractivity contribution in [3.05, 3.63) is 120 Å². The zero-order valence-corrected chi connectivity index (χ0v) is 21.0. The van der Waals surface area contributed by atoms with Crippen molar-refractivity contribution in [2.45, 2.75) is 38.5 Å². The second kappa shape index (κ2) is 12.1. The highest BCUT2D eigenvalue weighted by molar-refractivity contribution is 6.04. The van der Waals surface area contributed by atoms with Crippen LogP contribution in [0.5, 0.6) is 0 Å². The molecule has 10 heteroatoms. The third-order valence-electron chi connectivity index (χ3n) is 6.20. The van der Waals surface area contributed by atoms with Crippen molar-refractivity contribution >= 4 is 11.6 Å². The zero-order chi connectivity index (χ0) is 26.2. The normalized spacial score (nSPS) is 12.1. The first kappa shape index (κ1) is 25.1. The van der Waals surface area contributed by atoms with Crippen molar-refractivity contribution in [1.29, 1.82) is 0 Å². The Kier molecular flexibility index (Phi) is 8.02. The van der Waals surface area contributed by atoms with E-state index in [2.05, 4.69) is 40.1 Å². The first-order valence-electron chi connectivity index (χ1n) is 12.5. The SMILES string of the molecule is NC(Cc1ccc(NC(=O)c2ccc(CN(Cc3ncc[nH]3)Cc3ncc[nH]3)cc2)cc1)Cc1ncc[nH]1. The fourth-order valence-corrected chi connectivity index (χ4v) is 4.34. The van der Waals surface area contributed by atoms with E-state index in [-0.39, 0.29) is 11.9 Å². The van der Waals surface area contributed by atoms with Gasteiger partial charge < -0.3 is 26.0 Å². The Bertz CT molecular complexity index is 1340. The number of nitrogens with one attached hydrogen (secondary N) is 4. The van der Waals surface area contributed by atoms with Gasteiger partial charge in [-0.3, -0.25) is 9.69 Å². The summed E-state index contributed by atoms with van der Waals surface area (Å²) in [6.07, 6.45) is 12.1. The predicted molar refractivity (Wildman–Crippen MR) is 145 cm³/mol. The van der Waals surface area contributed by atoms with Gasteiger partial charge in [0.15, 0.2) is 0 Å². The molecule has 1 amide bonds. The summed E-state index contributed by atoms with van der Waals surface area (Å²) in [4.78, 5) is 37.4. The Labute approximate surface area is 220 Å². The minimum absolute atomic E-state index is 0.0332. The number of nitrogens with zero attached hydrogens (tertiary/aromatic N) is 4. The molecule has 0 saturated heterocycles. The smallest absolute Gasteiger partial charge is 0.255 e. The maximum absolute atomic E-state index is 12.8. The maximum atomic E-state index is 12.8. The number of hydrogen-bond donors (Lipinski definition) is 5. The van der Waals surface area contributed by atoms with Gasteiger partial charge in [0.2, 0.25) is 0 Å². The van der Waals surface area contributed by atoms with Gasteiger partial charge in [-0.15, -0.1) is 0 Å². The van der Waals surface area contributed by atoms with E-state index in [1.54, 1.807) is 24.8 Å². The Balaban J connectivity index is 1.15. The summed E-state index contributed by atoms with van der Waals surface area (Å²) in [6, 6.07) is 15.4. The molecule has 0 bridgehead atoms. The van der Waals surface area contributed by atoms with Crippen LogP contribution in [-0.4, -0.2) is 46.8 Å². The van der Waals surface area contributed by atoms with Crippen LogP contribution >= 0.6 is 0 Å². The van der Waals surface area contributed by atoms with Crippen LogP contribution in [0.4, 0.5) is 5.69 Å². The molecule has 0 spiro atoms. The van der Waals surface area contributed by atoms with Crippen molar-refractivity contribution in [2.24, 2.45) is 5.73 Å². The summed E-state index contributed by atoms with van der Waals surface area (Å²) in [6.45, 7) is 1.99. The number of aromatic nitrogens is 6. The third kappa shape index (κ3) is 7.02. The molecular formula is C28H31N9O. The number of rotatable bonds is 12. The molecule has 38 heavy (non-hydrogen) atoms. The third-order valence-corrected chi connectivity index (χ3v) is 6.20. The van der Waals surface area contributed by atoms with Crippen molar-refractivity contribution < 1.29 is 4.79 Å². The number of hydrogen-bond acceptors (Lipinski definition) is 6. The topological polar surface area (TPSA) is 144 Å². The molecule has 5 rings (SSSR count). The summed E-state index contributed by atoms with van der Waals surface area (Å²) in [5.41, 5.74) is 9.80. The van der Waals surface area contributed by atoms with Gasteiger partial charge in [0.25, 0.3) is 5.91 Å². The molecule has 6 N–H and O–H groups in total. The average Bonchev–Trinajstić information content (AvgIpc) is 3.71. The quantitative estimate of drug-likeness (QED) is 0.174. The molecule has 0 aliphatic rings. The molecule has 10 nitrogen and oxygen atoms in total. The van der Waals surface area contributed by atoms with Crippen LogP contribution in [0.3, 0.4) is 0 Å². The highest BCUT2D eigenvalue weighted by Crippen LogP contribution is 2.15. The maximum Gasteiger partial charge on any atom is 0.255 e. The Morgan fingerprint density at radius 3 is 1.84 bits per heavy atom. The monoisotopic (exact) mass is 509 g/mol. The van der Waals surface area contributed by atoms with Gasteiger partial charge in [-0.25, -0.2) is 15.0 Å². The highest BCUT2D eigenvalue weighted by atomic mass is 16.1. The second-order valence-corrected chi connectivity index (χ2v) is 9.27. The summed E-state index contributed by atoms with van der Waals surface area (Å²) >= 11 is 0. The van der Waals surface area contributed by atoms with Gasteiger partial charge >= 0.3 is 0 Å². The number of imidazole rings is 3. The molecular weight excluding hydrogens is 478 g/mol. The summed E-state index contributed by atoms with van der Waals surface area (Å²) in [5.74, 6) is 2.51. The predicted octanol–water partition coefficient (Wildman–Crippen LogP) is 3.42. The van der Waals surface area contributed by atoms with E-state index in [1.165, 1.54) is 0 Å². The van der Waals surface area contributed by atoms with Gasteiger partial charge in [0.1, 0.15) is 17.5 Å². The molecule has 1 atom stereocenters. The summed E-state index contributed by atoms with van der Waals surface area (Å²) < 4.78 is 0. The molecule has 194 valence electrons. The van der Waals surface area contributed by atoms with Gasteiger partial charge in [0.05, 0.1) is 13.1 Å². The number of benzene rings is 2. The fraction of sp³-hybridized carbons (Fsp3) is 0.214. The van der Waals surface area contributed by atoms with E-state index in [0.29, 0.717) is 31.6 Å². The molecule has 3 heterocycles. The van der Waals surface area contributed by atoms with Gasteiger partial charge in [-0.1, -0.05) is 24.3 Å². The van der Waals surface area contributed by atoms with Crippen LogP contribution in [0.1, 0.15) is 39.0 Å². The largest absolute Gasteiger partial charge is 0.349 e. The number of H-pyrrole nitrogens is 3. The van der Waals surface area contributed by atoms with Crippen LogP contribution in [0.15, 0.2) is 85.7 Å². The van der Waals surface area contributed by atoms with E-state index in [4.69, 9.17) is 5.73 Å². The van der Waals surface area contributed by atoms with E-state index >= 15 is 0 Å². The number of nitrogens with two attached hydrogens (primary N) is 1. The minimum Gasteiger partial charge on any atom is -0.349 e. The second-order valence-electron chi connectivity index (χ2n) is 9.27. The average molecular weight is 510 g/mol. The first-order chi connectivity index (χ1) is 18.6. The Hall–Kier alpha value is -4.54. The minimum atomic E-state index is -0.151. The van der Waals surface area contributed by atoms with Gasteiger partial charge in [0, 0.05) is 67.4 Å². The molecule has 5 aromatic rings. The van der Waals surface area contributed by atoms with E-state index in [1.807, 2.05) is 60.9 Å². The summed E-state index contributed by atoms with van der Waals surface area (Å²) in [7, 11) is 0. The van der Waals surface area contributed by atoms with Crippen LogP contribution in [0.2, 0.25) is 0 Å². The van der Waals surface area contributed by atoms with E-state index in [9.17, 15) is 4.79 Å². The van der Waals surface area contributed by atoms with Crippen LogP contribution in [0.25, 0.3) is 0 Å².